The standard InChI is InChI=1S/C23H19FN6O/c24-20-4-3-15(10-26-20)23-17-6-8-30-19(16(17)5-7-25-23)9-21(27-11-22(30)31)29-12-18(28-13-29)14-1-2-14/h3-5,7,9-10,12-14H,1-2,6,8,11H2. The highest BCUT2D eigenvalue weighted by molar-refractivity contribution is 6.06. The zero-order valence-electron chi connectivity index (χ0n) is 16.7. The molecular weight excluding hydrogens is 395 g/mol. The van der Waals surface area contributed by atoms with E-state index < -0.39 is 5.95 Å². The lowest BCUT2D eigenvalue weighted by Gasteiger charge is -2.31. The van der Waals surface area contributed by atoms with Crippen LogP contribution in [0.5, 0.6) is 0 Å². The molecule has 154 valence electrons. The Bertz CT molecular complexity index is 1260. The minimum atomic E-state index is -0.524. The van der Waals surface area contributed by atoms with Crippen molar-refractivity contribution in [1.82, 2.24) is 24.4 Å². The highest BCUT2D eigenvalue weighted by atomic mass is 19.1. The predicted molar refractivity (Wildman–Crippen MR) is 113 cm³/mol. The Morgan fingerprint density at radius 3 is 2.81 bits per heavy atom. The van der Waals surface area contributed by atoms with Crippen LogP contribution in [0.2, 0.25) is 0 Å². The van der Waals surface area contributed by atoms with Crippen molar-refractivity contribution >= 4 is 17.4 Å². The van der Waals surface area contributed by atoms with Gasteiger partial charge in [0, 0.05) is 48.3 Å². The first-order chi connectivity index (χ1) is 15.2. The van der Waals surface area contributed by atoms with E-state index in [0.717, 1.165) is 33.8 Å². The second-order valence-electron chi connectivity index (χ2n) is 8.03. The van der Waals surface area contributed by atoms with Gasteiger partial charge in [-0.1, -0.05) is 0 Å². The van der Waals surface area contributed by atoms with Crippen molar-refractivity contribution in [3.05, 3.63) is 72.0 Å². The summed E-state index contributed by atoms with van der Waals surface area (Å²) in [5.74, 6) is 0.687. The Kier molecular flexibility index (Phi) is 4.05. The molecule has 31 heavy (non-hydrogen) atoms. The number of pyridine rings is 2. The van der Waals surface area contributed by atoms with Gasteiger partial charge in [0.2, 0.25) is 11.9 Å². The number of hydrogen-bond acceptors (Lipinski definition) is 5. The average molecular weight is 414 g/mol. The molecule has 6 rings (SSSR count). The molecule has 3 aromatic rings. The quantitative estimate of drug-likeness (QED) is 0.604. The number of aromatic nitrogens is 4. The summed E-state index contributed by atoms with van der Waals surface area (Å²) in [4.78, 5) is 32.0. The van der Waals surface area contributed by atoms with Gasteiger partial charge in [0.25, 0.3) is 0 Å². The van der Waals surface area contributed by atoms with Crippen molar-refractivity contribution < 1.29 is 9.18 Å². The third kappa shape index (κ3) is 3.15. The van der Waals surface area contributed by atoms with E-state index in [9.17, 15) is 9.18 Å². The summed E-state index contributed by atoms with van der Waals surface area (Å²) in [7, 11) is 0. The molecule has 0 spiro atoms. The van der Waals surface area contributed by atoms with E-state index in [1.165, 1.54) is 25.1 Å². The molecule has 7 nitrogen and oxygen atoms in total. The Morgan fingerprint density at radius 2 is 2.00 bits per heavy atom. The molecule has 8 heteroatoms. The monoisotopic (exact) mass is 414 g/mol. The molecule has 0 atom stereocenters. The molecule has 3 aliphatic rings. The van der Waals surface area contributed by atoms with E-state index >= 15 is 0 Å². The molecule has 5 heterocycles. The third-order valence-electron chi connectivity index (χ3n) is 6.01. The van der Waals surface area contributed by atoms with Crippen molar-refractivity contribution in [2.75, 3.05) is 13.1 Å². The second-order valence-corrected chi connectivity index (χ2v) is 8.03. The first-order valence-electron chi connectivity index (χ1n) is 10.4. The molecule has 2 aliphatic heterocycles. The lowest BCUT2D eigenvalue weighted by molar-refractivity contribution is -0.126. The molecule has 1 fully saturated rings. The Morgan fingerprint density at radius 1 is 1.10 bits per heavy atom. The molecule has 1 saturated carbocycles. The van der Waals surface area contributed by atoms with Gasteiger partial charge in [-0.05, 0) is 43.0 Å². The van der Waals surface area contributed by atoms with Crippen LogP contribution in [0.15, 0.2) is 54.2 Å². The molecule has 0 radical (unpaired) electrons. The van der Waals surface area contributed by atoms with E-state index in [-0.39, 0.29) is 12.5 Å². The molecular formula is C23H19FN6O. The van der Waals surface area contributed by atoms with Gasteiger partial charge in [-0.25, -0.2) is 9.97 Å². The SMILES string of the molecule is O=C1CN=C(n2cnc(C3CC3)c2)C=C2c3ccnc(-c4ccc(F)nc4)c3CCN12. The summed E-state index contributed by atoms with van der Waals surface area (Å²) >= 11 is 0. The van der Waals surface area contributed by atoms with E-state index in [2.05, 4.69) is 19.9 Å². The maximum atomic E-state index is 13.3. The first-order valence-corrected chi connectivity index (χ1v) is 10.4. The van der Waals surface area contributed by atoms with Gasteiger partial charge in [-0.3, -0.25) is 19.3 Å². The highest BCUT2D eigenvalue weighted by Gasteiger charge is 2.31. The number of fused-ring (bicyclic) bond motifs is 3. The number of halogens is 1. The van der Waals surface area contributed by atoms with Gasteiger partial charge in [0.15, 0.2) is 0 Å². The molecule has 0 bridgehead atoms. The Hall–Kier alpha value is -3.68. The number of hydrogen-bond donors (Lipinski definition) is 0. The van der Waals surface area contributed by atoms with Gasteiger partial charge in [-0.15, -0.1) is 0 Å². The van der Waals surface area contributed by atoms with Gasteiger partial charge in [0.05, 0.1) is 17.1 Å². The normalized spacial score (nSPS) is 18.1. The van der Waals surface area contributed by atoms with Crippen LogP contribution in [0.4, 0.5) is 4.39 Å². The summed E-state index contributed by atoms with van der Waals surface area (Å²) in [5.41, 5.74) is 5.36. The fourth-order valence-electron chi connectivity index (χ4n) is 4.27. The summed E-state index contributed by atoms with van der Waals surface area (Å²) in [6.07, 6.45) is 12.0. The minimum Gasteiger partial charge on any atom is -0.310 e. The number of aliphatic imine (C=N–C) groups is 1. The van der Waals surface area contributed by atoms with E-state index in [0.29, 0.717) is 24.7 Å². The molecule has 1 aliphatic carbocycles. The number of carbonyl (C=O) groups excluding carboxylic acids is 1. The van der Waals surface area contributed by atoms with Crippen LogP contribution in [0.3, 0.4) is 0 Å². The maximum Gasteiger partial charge on any atom is 0.248 e. The van der Waals surface area contributed by atoms with Crippen molar-refractivity contribution in [3.63, 3.8) is 0 Å². The van der Waals surface area contributed by atoms with Gasteiger partial charge in [-0.2, -0.15) is 4.39 Å². The van der Waals surface area contributed by atoms with Crippen molar-refractivity contribution in [2.24, 2.45) is 4.99 Å². The van der Waals surface area contributed by atoms with Crippen molar-refractivity contribution in [1.29, 1.82) is 0 Å². The van der Waals surface area contributed by atoms with Crippen LogP contribution in [-0.4, -0.2) is 49.3 Å². The molecule has 1 amide bonds. The highest BCUT2D eigenvalue weighted by Crippen LogP contribution is 2.39. The number of imidazole rings is 1. The smallest absolute Gasteiger partial charge is 0.248 e. The lowest BCUT2D eigenvalue weighted by Crippen LogP contribution is -2.36. The van der Waals surface area contributed by atoms with Crippen LogP contribution in [0, 0.1) is 5.95 Å². The predicted octanol–water partition coefficient (Wildman–Crippen LogP) is 3.04. The fraction of sp³-hybridized carbons (Fsp3) is 0.261. The van der Waals surface area contributed by atoms with Crippen LogP contribution < -0.4 is 0 Å². The molecule has 3 aromatic heterocycles. The zero-order chi connectivity index (χ0) is 20.9. The van der Waals surface area contributed by atoms with Gasteiger partial charge >= 0.3 is 0 Å². The average Bonchev–Trinajstić information content (AvgIpc) is 3.56. The fourth-order valence-corrected chi connectivity index (χ4v) is 4.27. The van der Waals surface area contributed by atoms with E-state index in [1.54, 1.807) is 23.5 Å². The third-order valence-corrected chi connectivity index (χ3v) is 6.01. The minimum absolute atomic E-state index is 0.0313. The molecule has 0 saturated heterocycles. The summed E-state index contributed by atoms with van der Waals surface area (Å²) in [6.45, 7) is 0.645. The summed E-state index contributed by atoms with van der Waals surface area (Å²) in [6, 6.07) is 4.94. The number of carbonyl (C=O) groups is 1. The molecule has 0 aromatic carbocycles. The van der Waals surface area contributed by atoms with Crippen LogP contribution >= 0.6 is 0 Å². The lowest BCUT2D eigenvalue weighted by atomic mass is 9.93. The number of allylic oxidation sites excluding steroid dienone is 1. The number of nitrogens with zero attached hydrogens (tertiary/aromatic N) is 6. The number of rotatable bonds is 2. The van der Waals surface area contributed by atoms with E-state index in [4.69, 9.17) is 0 Å². The molecule has 0 unspecified atom stereocenters. The second kappa shape index (κ2) is 6.94. The first kappa shape index (κ1) is 18.1. The topological polar surface area (TPSA) is 76.3 Å². The van der Waals surface area contributed by atoms with Gasteiger partial charge < -0.3 is 4.90 Å². The molecule has 0 N–H and O–H groups in total. The van der Waals surface area contributed by atoms with Gasteiger partial charge in [0.1, 0.15) is 18.7 Å². The number of amides is 1. The van der Waals surface area contributed by atoms with Crippen molar-refractivity contribution in [2.45, 2.75) is 25.2 Å². The van der Waals surface area contributed by atoms with Crippen LogP contribution in [0.25, 0.3) is 17.0 Å². The largest absolute Gasteiger partial charge is 0.310 e. The Labute approximate surface area is 178 Å². The maximum absolute atomic E-state index is 13.3. The van der Waals surface area contributed by atoms with Crippen molar-refractivity contribution in [3.8, 4) is 11.3 Å². The zero-order valence-corrected chi connectivity index (χ0v) is 16.7. The van der Waals surface area contributed by atoms with Crippen LogP contribution in [0.1, 0.15) is 35.6 Å². The van der Waals surface area contributed by atoms with E-state index in [1.807, 2.05) is 22.9 Å². The van der Waals surface area contributed by atoms with Crippen LogP contribution in [-0.2, 0) is 11.2 Å². The summed E-state index contributed by atoms with van der Waals surface area (Å²) < 4.78 is 15.2. The Balaban J connectivity index is 1.45. The summed E-state index contributed by atoms with van der Waals surface area (Å²) in [5, 5.41) is 0.